The second-order valence-corrected chi connectivity index (χ2v) is 5.44. The molecule has 7 nitrogen and oxygen atoms in total. The van der Waals surface area contributed by atoms with Crippen LogP contribution in [0.2, 0.25) is 0 Å². The normalized spacial score (nSPS) is 15.5. The molecule has 1 aromatic carbocycles. The number of nitrogens with one attached hydrogen (secondary N) is 2. The molecule has 22 heavy (non-hydrogen) atoms. The monoisotopic (exact) mass is 303 g/mol. The third-order valence-electron chi connectivity index (χ3n) is 3.65. The summed E-state index contributed by atoms with van der Waals surface area (Å²) in [6, 6.07) is 6.39. The molecule has 1 unspecified atom stereocenters. The summed E-state index contributed by atoms with van der Waals surface area (Å²) in [7, 11) is 0. The molecule has 1 aliphatic rings. The van der Waals surface area contributed by atoms with Crippen LogP contribution in [-0.4, -0.2) is 29.0 Å². The molecule has 116 valence electrons. The quantitative estimate of drug-likeness (QED) is 0.843. The zero-order chi connectivity index (χ0) is 15.7. The lowest BCUT2D eigenvalue weighted by Gasteiger charge is -2.13. The number of rotatable bonds is 5. The first-order valence-electron chi connectivity index (χ1n) is 7.23. The topological polar surface area (TPSA) is 93.3 Å². The van der Waals surface area contributed by atoms with Crippen LogP contribution in [0.1, 0.15) is 25.8 Å². The van der Waals surface area contributed by atoms with Gasteiger partial charge in [0.2, 0.25) is 11.8 Å². The van der Waals surface area contributed by atoms with E-state index in [0.717, 1.165) is 12.8 Å². The van der Waals surface area contributed by atoms with Gasteiger partial charge in [-0.15, -0.1) is 0 Å². The summed E-state index contributed by atoms with van der Waals surface area (Å²) in [4.78, 5) is 35.6. The van der Waals surface area contributed by atoms with Crippen LogP contribution in [0, 0.1) is 0 Å². The first-order valence-corrected chi connectivity index (χ1v) is 7.23. The molecular weight excluding hydrogens is 286 g/mol. The standard InChI is InChI=1S/C15H17N3O4/c1-9(14(20)16-8-13(19)17-10-6-7-10)18-11-4-2-3-5-12(11)22-15(18)21/h2-5,9-10H,6-8H2,1H3,(H,16,20)(H,17,19). The molecule has 2 N–H and O–H groups in total. The summed E-state index contributed by atoms with van der Waals surface area (Å²) < 4.78 is 6.39. The lowest BCUT2D eigenvalue weighted by molar-refractivity contribution is -0.127. The van der Waals surface area contributed by atoms with Gasteiger partial charge in [0.15, 0.2) is 5.58 Å². The van der Waals surface area contributed by atoms with E-state index in [-0.39, 0.29) is 18.5 Å². The van der Waals surface area contributed by atoms with Gasteiger partial charge in [-0.05, 0) is 31.9 Å². The zero-order valence-corrected chi connectivity index (χ0v) is 12.2. The molecule has 0 radical (unpaired) electrons. The minimum Gasteiger partial charge on any atom is -0.408 e. The third-order valence-corrected chi connectivity index (χ3v) is 3.65. The van der Waals surface area contributed by atoms with Crippen LogP contribution in [0.25, 0.3) is 11.1 Å². The molecule has 1 fully saturated rings. The maximum Gasteiger partial charge on any atom is 0.420 e. The summed E-state index contributed by atoms with van der Waals surface area (Å²) in [6.45, 7) is 1.50. The Morgan fingerprint density at radius 3 is 2.82 bits per heavy atom. The largest absolute Gasteiger partial charge is 0.420 e. The van der Waals surface area contributed by atoms with Gasteiger partial charge in [-0.25, -0.2) is 4.79 Å². The number of carbonyl (C=O) groups is 2. The Bertz CT molecular complexity index is 772. The summed E-state index contributed by atoms with van der Waals surface area (Å²) in [5.41, 5.74) is 0.983. The van der Waals surface area contributed by atoms with E-state index in [9.17, 15) is 14.4 Å². The molecule has 2 aromatic rings. The van der Waals surface area contributed by atoms with Crippen molar-refractivity contribution in [1.82, 2.24) is 15.2 Å². The summed E-state index contributed by atoms with van der Waals surface area (Å²) in [6.07, 6.45) is 1.99. The molecule has 7 heteroatoms. The number of nitrogens with zero attached hydrogens (tertiary/aromatic N) is 1. The van der Waals surface area contributed by atoms with Crippen molar-refractivity contribution in [3.63, 3.8) is 0 Å². The molecule has 1 aromatic heterocycles. The highest BCUT2D eigenvalue weighted by Crippen LogP contribution is 2.18. The van der Waals surface area contributed by atoms with Gasteiger partial charge in [0.25, 0.3) is 0 Å². The van der Waals surface area contributed by atoms with E-state index < -0.39 is 17.7 Å². The smallest absolute Gasteiger partial charge is 0.408 e. The van der Waals surface area contributed by atoms with Gasteiger partial charge in [-0.1, -0.05) is 12.1 Å². The van der Waals surface area contributed by atoms with Gasteiger partial charge in [0, 0.05) is 6.04 Å². The number of amides is 2. The van der Waals surface area contributed by atoms with Crippen molar-refractivity contribution in [2.75, 3.05) is 6.54 Å². The number of oxazole rings is 1. The highest BCUT2D eigenvalue weighted by Gasteiger charge is 2.24. The van der Waals surface area contributed by atoms with Gasteiger partial charge in [-0.3, -0.25) is 14.2 Å². The molecule has 2 amide bonds. The Labute approximate surface area is 126 Å². The van der Waals surface area contributed by atoms with Crippen molar-refractivity contribution in [3.05, 3.63) is 34.8 Å². The van der Waals surface area contributed by atoms with Crippen molar-refractivity contribution in [2.24, 2.45) is 0 Å². The van der Waals surface area contributed by atoms with Crippen LogP contribution in [0.4, 0.5) is 0 Å². The van der Waals surface area contributed by atoms with Crippen LogP contribution in [0.15, 0.2) is 33.5 Å². The van der Waals surface area contributed by atoms with Crippen molar-refractivity contribution in [1.29, 1.82) is 0 Å². The average molecular weight is 303 g/mol. The lowest BCUT2D eigenvalue weighted by atomic mass is 10.2. The number of hydrogen-bond donors (Lipinski definition) is 2. The van der Waals surface area contributed by atoms with Crippen molar-refractivity contribution in [3.8, 4) is 0 Å². The van der Waals surface area contributed by atoms with Gasteiger partial charge in [-0.2, -0.15) is 0 Å². The van der Waals surface area contributed by atoms with E-state index in [1.54, 1.807) is 31.2 Å². The first-order chi connectivity index (χ1) is 10.6. The lowest BCUT2D eigenvalue weighted by Crippen LogP contribution is -2.41. The van der Waals surface area contributed by atoms with Gasteiger partial charge in [0.05, 0.1) is 12.1 Å². The number of aromatic nitrogens is 1. The molecule has 1 saturated carbocycles. The van der Waals surface area contributed by atoms with E-state index in [0.29, 0.717) is 11.1 Å². The van der Waals surface area contributed by atoms with Crippen molar-refractivity contribution in [2.45, 2.75) is 31.8 Å². The second kappa shape index (κ2) is 5.67. The van der Waals surface area contributed by atoms with E-state index in [2.05, 4.69) is 10.6 Å². The molecule has 0 spiro atoms. The number of benzene rings is 1. The van der Waals surface area contributed by atoms with E-state index in [4.69, 9.17) is 4.42 Å². The minimum absolute atomic E-state index is 0.0930. The van der Waals surface area contributed by atoms with Crippen molar-refractivity contribution >= 4 is 22.9 Å². The second-order valence-electron chi connectivity index (χ2n) is 5.44. The third kappa shape index (κ3) is 2.88. The summed E-state index contributed by atoms with van der Waals surface area (Å²) >= 11 is 0. The molecule has 1 atom stereocenters. The average Bonchev–Trinajstić information content (AvgIpc) is 3.24. The number of hydrogen-bond acceptors (Lipinski definition) is 4. The number of carbonyl (C=O) groups excluding carboxylic acids is 2. The maximum absolute atomic E-state index is 12.2. The van der Waals surface area contributed by atoms with Crippen LogP contribution in [-0.2, 0) is 9.59 Å². The van der Waals surface area contributed by atoms with Crippen molar-refractivity contribution < 1.29 is 14.0 Å². The Balaban J connectivity index is 1.70. The Morgan fingerprint density at radius 1 is 1.36 bits per heavy atom. The fourth-order valence-corrected chi connectivity index (χ4v) is 2.29. The highest BCUT2D eigenvalue weighted by atomic mass is 16.4. The number of para-hydroxylation sites is 2. The van der Waals surface area contributed by atoms with E-state index in [1.165, 1.54) is 4.57 Å². The van der Waals surface area contributed by atoms with Gasteiger partial charge < -0.3 is 15.1 Å². The molecule has 0 saturated heterocycles. The summed E-state index contributed by atoms with van der Waals surface area (Å²) in [5, 5.41) is 5.33. The van der Waals surface area contributed by atoms with Gasteiger partial charge in [0.1, 0.15) is 6.04 Å². The Hall–Kier alpha value is -2.57. The fraction of sp³-hybridized carbons (Fsp3) is 0.400. The Kier molecular flexibility index (Phi) is 3.70. The van der Waals surface area contributed by atoms with E-state index >= 15 is 0 Å². The highest BCUT2D eigenvalue weighted by molar-refractivity contribution is 5.87. The molecule has 1 heterocycles. The maximum atomic E-state index is 12.2. The van der Waals surface area contributed by atoms with E-state index in [1.807, 2.05) is 0 Å². The van der Waals surface area contributed by atoms with Crippen LogP contribution in [0.5, 0.6) is 0 Å². The van der Waals surface area contributed by atoms with Crippen LogP contribution in [0.3, 0.4) is 0 Å². The Morgan fingerprint density at radius 2 is 2.09 bits per heavy atom. The minimum atomic E-state index is -0.759. The molecule has 0 bridgehead atoms. The SMILES string of the molecule is CC(C(=O)NCC(=O)NC1CC1)n1c(=O)oc2ccccc21. The molecule has 0 aliphatic heterocycles. The first kappa shape index (κ1) is 14.4. The molecular formula is C15H17N3O4. The number of fused-ring (bicyclic) bond motifs is 1. The van der Waals surface area contributed by atoms with Gasteiger partial charge >= 0.3 is 5.76 Å². The van der Waals surface area contributed by atoms with Crippen LogP contribution < -0.4 is 16.4 Å². The summed E-state index contributed by atoms with van der Waals surface area (Å²) in [5.74, 6) is -1.21. The predicted octanol–water partition coefficient (Wildman–Crippen LogP) is 0.550. The zero-order valence-electron chi connectivity index (χ0n) is 12.2. The predicted molar refractivity (Wildman–Crippen MR) is 79.4 cm³/mol. The molecule has 3 rings (SSSR count). The van der Waals surface area contributed by atoms with Crippen LogP contribution >= 0.6 is 0 Å². The molecule has 1 aliphatic carbocycles. The fourth-order valence-electron chi connectivity index (χ4n) is 2.29.